The van der Waals surface area contributed by atoms with Crippen molar-refractivity contribution in [3.8, 4) is 5.75 Å². The Bertz CT molecular complexity index is 350. The lowest BCUT2D eigenvalue weighted by molar-refractivity contribution is 0.145. The highest BCUT2D eigenvalue weighted by atomic mass is 127. The molecule has 0 amide bonds. The van der Waals surface area contributed by atoms with Crippen molar-refractivity contribution in [2.75, 3.05) is 0 Å². The molecule has 0 saturated heterocycles. The zero-order valence-electron chi connectivity index (χ0n) is 5.64. The van der Waals surface area contributed by atoms with Gasteiger partial charge in [-0.1, -0.05) is 0 Å². The molecular weight excluding hydrogens is 283 g/mol. The molecule has 0 unspecified atom stereocenters. The van der Waals surface area contributed by atoms with Crippen LogP contribution in [-0.4, -0.2) is 10.1 Å². The average Bonchev–Trinajstić information content (AvgIpc) is 1.99. The van der Waals surface area contributed by atoms with Gasteiger partial charge < -0.3 is 10.1 Å². The summed E-state index contributed by atoms with van der Waals surface area (Å²) in [7, 11) is 0. The summed E-state index contributed by atoms with van der Waals surface area (Å²) >= 11 is 1.57. The van der Waals surface area contributed by atoms with Crippen LogP contribution in [0.1, 0.15) is 12.1 Å². The third-order valence-corrected chi connectivity index (χ3v) is 2.25. The molecule has 2 N–H and O–H groups in total. The van der Waals surface area contributed by atoms with E-state index in [4.69, 9.17) is 5.11 Å². The summed E-state index contributed by atoms with van der Waals surface area (Å²) < 4.78 is 24.0. The number of aromatic nitrogens is 1. The maximum Gasteiger partial charge on any atom is 0.278 e. The number of aromatic hydroxyl groups is 1. The maximum absolute atomic E-state index is 12.0. The SMILES string of the molecule is O=c1[nH]c(C(F)F)cc(O)c1I. The van der Waals surface area contributed by atoms with Crippen LogP contribution in [0.4, 0.5) is 8.78 Å². The summed E-state index contributed by atoms with van der Waals surface area (Å²) in [4.78, 5) is 12.8. The lowest BCUT2D eigenvalue weighted by atomic mass is 10.3. The van der Waals surface area contributed by atoms with Gasteiger partial charge in [-0.15, -0.1) is 0 Å². The first-order valence-electron chi connectivity index (χ1n) is 2.92. The topological polar surface area (TPSA) is 53.1 Å². The van der Waals surface area contributed by atoms with E-state index in [1.54, 1.807) is 22.6 Å². The van der Waals surface area contributed by atoms with Gasteiger partial charge in [0.15, 0.2) is 0 Å². The number of hydrogen-bond acceptors (Lipinski definition) is 2. The van der Waals surface area contributed by atoms with Crippen LogP contribution in [0.15, 0.2) is 10.9 Å². The molecule has 0 atom stereocenters. The summed E-state index contributed by atoms with van der Waals surface area (Å²) in [6.45, 7) is 0. The Morgan fingerprint density at radius 2 is 2.17 bits per heavy atom. The molecule has 0 spiro atoms. The number of nitrogens with one attached hydrogen (secondary N) is 1. The summed E-state index contributed by atoms with van der Waals surface area (Å²) in [5, 5.41) is 8.97. The van der Waals surface area contributed by atoms with E-state index in [2.05, 4.69) is 0 Å². The van der Waals surface area contributed by atoms with Crippen LogP contribution in [0.2, 0.25) is 0 Å². The molecule has 0 aliphatic rings. The summed E-state index contributed by atoms with van der Waals surface area (Å²) in [5.41, 5.74) is -1.27. The van der Waals surface area contributed by atoms with Crippen LogP contribution >= 0.6 is 22.6 Å². The molecule has 1 heterocycles. The van der Waals surface area contributed by atoms with Crippen LogP contribution in [-0.2, 0) is 0 Å². The van der Waals surface area contributed by atoms with E-state index in [0.717, 1.165) is 6.07 Å². The largest absolute Gasteiger partial charge is 0.507 e. The molecule has 0 radical (unpaired) electrons. The zero-order valence-corrected chi connectivity index (χ0v) is 7.80. The number of hydrogen-bond donors (Lipinski definition) is 2. The number of halogens is 3. The van der Waals surface area contributed by atoms with Crippen molar-refractivity contribution in [2.45, 2.75) is 6.43 Å². The van der Waals surface area contributed by atoms with Gasteiger partial charge in [-0.3, -0.25) is 4.79 Å². The van der Waals surface area contributed by atoms with Gasteiger partial charge in [0.25, 0.3) is 12.0 Å². The van der Waals surface area contributed by atoms with E-state index >= 15 is 0 Å². The number of pyridine rings is 1. The van der Waals surface area contributed by atoms with E-state index in [0.29, 0.717) is 0 Å². The Kier molecular flexibility index (Phi) is 2.65. The monoisotopic (exact) mass is 287 g/mol. The second-order valence-corrected chi connectivity index (χ2v) is 3.13. The molecule has 66 valence electrons. The van der Waals surface area contributed by atoms with Gasteiger partial charge >= 0.3 is 0 Å². The van der Waals surface area contributed by atoms with E-state index in [-0.39, 0.29) is 3.57 Å². The molecule has 0 aliphatic carbocycles. The van der Waals surface area contributed by atoms with E-state index < -0.39 is 23.4 Å². The fourth-order valence-corrected chi connectivity index (χ4v) is 0.957. The Hall–Kier alpha value is -0.660. The van der Waals surface area contributed by atoms with Gasteiger partial charge in [0, 0.05) is 6.07 Å². The Morgan fingerprint density at radius 1 is 1.58 bits per heavy atom. The second kappa shape index (κ2) is 3.38. The van der Waals surface area contributed by atoms with E-state index in [9.17, 15) is 13.6 Å². The first-order chi connectivity index (χ1) is 5.52. The van der Waals surface area contributed by atoms with Gasteiger partial charge in [0.05, 0.1) is 5.69 Å². The average molecular weight is 287 g/mol. The number of rotatable bonds is 1. The molecule has 0 aromatic carbocycles. The lowest BCUT2D eigenvalue weighted by Gasteiger charge is -2.00. The molecule has 1 rings (SSSR count). The maximum atomic E-state index is 12.0. The fraction of sp³-hybridized carbons (Fsp3) is 0.167. The first-order valence-corrected chi connectivity index (χ1v) is 4.00. The van der Waals surface area contributed by atoms with Gasteiger partial charge in [0.1, 0.15) is 9.32 Å². The smallest absolute Gasteiger partial charge is 0.278 e. The predicted molar refractivity (Wildman–Crippen MR) is 46.4 cm³/mol. The third-order valence-electron chi connectivity index (χ3n) is 1.21. The molecular formula is C6H4F2INO2. The molecule has 3 nitrogen and oxygen atoms in total. The van der Waals surface area contributed by atoms with Gasteiger partial charge in [-0.25, -0.2) is 8.78 Å². The summed E-state index contributed by atoms with van der Waals surface area (Å²) in [5.74, 6) is -0.422. The van der Waals surface area contributed by atoms with Crippen molar-refractivity contribution in [3.05, 3.63) is 25.7 Å². The van der Waals surface area contributed by atoms with E-state index in [1.165, 1.54) is 0 Å². The molecule has 1 aromatic heterocycles. The zero-order chi connectivity index (χ0) is 9.30. The van der Waals surface area contributed by atoms with Crippen molar-refractivity contribution >= 4 is 22.6 Å². The second-order valence-electron chi connectivity index (χ2n) is 2.05. The highest BCUT2D eigenvalue weighted by Gasteiger charge is 2.12. The lowest BCUT2D eigenvalue weighted by Crippen LogP contribution is -2.12. The van der Waals surface area contributed by atoms with Crippen LogP contribution in [0.5, 0.6) is 5.75 Å². The summed E-state index contributed by atoms with van der Waals surface area (Å²) in [6, 6.07) is 0.841. The van der Waals surface area contributed by atoms with Crippen molar-refractivity contribution in [1.29, 1.82) is 0 Å². The third kappa shape index (κ3) is 1.74. The highest BCUT2D eigenvalue weighted by molar-refractivity contribution is 14.1. The molecule has 0 bridgehead atoms. The van der Waals surface area contributed by atoms with Crippen molar-refractivity contribution in [2.24, 2.45) is 0 Å². The fourth-order valence-electron chi connectivity index (χ4n) is 0.667. The molecule has 0 saturated carbocycles. The minimum absolute atomic E-state index is 0.0111. The molecule has 0 fully saturated rings. The number of H-pyrrole nitrogens is 1. The molecule has 6 heteroatoms. The van der Waals surface area contributed by atoms with Gasteiger partial charge in [0.2, 0.25) is 0 Å². The number of alkyl halides is 2. The summed E-state index contributed by atoms with van der Waals surface area (Å²) in [6.07, 6.45) is -2.78. The standard InChI is InChI=1S/C6H4F2INO2/c7-5(8)2-1-3(11)4(9)6(12)10-2/h1,5H,(H2,10,11,12). The number of aromatic amines is 1. The molecule has 0 aliphatic heterocycles. The Labute approximate surface area is 79.6 Å². The molecule has 1 aromatic rings. The van der Waals surface area contributed by atoms with Gasteiger partial charge in [-0.05, 0) is 22.6 Å². The Balaban J connectivity index is 3.31. The minimum atomic E-state index is -2.78. The van der Waals surface area contributed by atoms with Crippen LogP contribution < -0.4 is 5.56 Å². The Morgan fingerprint density at radius 3 is 2.58 bits per heavy atom. The van der Waals surface area contributed by atoms with Crippen LogP contribution in [0, 0.1) is 3.57 Å². The molecule has 12 heavy (non-hydrogen) atoms. The quantitative estimate of drug-likeness (QED) is 0.771. The van der Waals surface area contributed by atoms with E-state index in [1.807, 2.05) is 4.98 Å². The van der Waals surface area contributed by atoms with Crippen LogP contribution in [0.3, 0.4) is 0 Å². The van der Waals surface area contributed by atoms with Crippen molar-refractivity contribution < 1.29 is 13.9 Å². The van der Waals surface area contributed by atoms with Crippen LogP contribution in [0.25, 0.3) is 0 Å². The van der Waals surface area contributed by atoms with Crippen molar-refractivity contribution in [3.63, 3.8) is 0 Å². The first kappa shape index (κ1) is 9.43. The van der Waals surface area contributed by atoms with Crippen molar-refractivity contribution in [1.82, 2.24) is 4.98 Å². The van der Waals surface area contributed by atoms with Gasteiger partial charge in [-0.2, -0.15) is 0 Å². The minimum Gasteiger partial charge on any atom is -0.507 e. The predicted octanol–water partition coefficient (Wildman–Crippen LogP) is 1.62. The normalized spacial score (nSPS) is 10.7. The highest BCUT2D eigenvalue weighted by Crippen LogP contribution is 2.21.